The molecule has 0 bridgehead atoms. The fourth-order valence-corrected chi connectivity index (χ4v) is 4.11. The van der Waals surface area contributed by atoms with E-state index in [0.29, 0.717) is 18.8 Å². The van der Waals surface area contributed by atoms with Crippen LogP contribution in [0.25, 0.3) is 6.08 Å². The minimum Gasteiger partial charge on any atom is -0.393 e. The first-order valence-corrected chi connectivity index (χ1v) is 10.6. The van der Waals surface area contributed by atoms with Gasteiger partial charge in [-0.25, -0.2) is 9.11 Å². The summed E-state index contributed by atoms with van der Waals surface area (Å²) in [4.78, 5) is 0.766. The lowest BCUT2D eigenvalue weighted by Gasteiger charge is -2.16. The Morgan fingerprint density at radius 2 is 2.10 bits per heavy atom. The van der Waals surface area contributed by atoms with Crippen LogP contribution in [-0.4, -0.2) is 19.7 Å². The first-order chi connectivity index (χ1) is 14.6. The van der Waals surface area contributed by atoms with Gasteiger partial charge in [0, 0.05) is 13.2 Å². The highest BCUT2D eigenvalue weighted by Gasteiger charge is 2.17. The van der Waals surface area contributed by atoms with Crippen molar-refractivity contribution in [2.45, 2.75) is 12.6 Å². The Morgan fingerprint density at radius 3 is 2.83 bits per heavy atom. The van der Waals surface area contributed by atoms with E-state index < -0.39 is 16.7 Å². The van der Waals surface area contributed by atoms with Crippen LogP contribution >= 0.6 is 0 Å². The maximum Gasteiger partial charge on any atom is 0.140 e. The van der Waals surface area contributed by atoms with Gasteiger partial charge in [0.15, 0.2) is 0 Å². The minimum atomic E-state index is -0.990. The highest BCUT2D eigenvalue weighted by Crippen LogP contribution is 2.23. The predicted molar refractivity (Wildman–Crippen MR) is 118 cm³/mol. The molecule has 2 unspecified atom stereocenters. The van der Waals surface area contributed by atoms with Gasteiger partial charge in [-0.2, -0.15) is 5.26 Å². The van der Waals surface area contributed by atoms with E-state index in [9.17, 15) is 4.39 Å². The van der Waals surface area contributed by atoms with E-state index in [0.717, 1.165) is 16.0 Å². The molecule has 2 aromatic carbocycles. The van der Waals surface area contributed by atoms with Crippen molar-refractivity contribution in [3.8, 4) is 6.07 Å². The third-order valence-electron chi connectivity index (χ3n) is 4.40. The Balaban J connectivity index is 1.79. The topological polar surface area (TPSA) is 80.9 Å². The summed E-state index contributed by atoms with van der Waals surface area (Å²) in [6.07, 6.45) is 7.53. The van der Waals surface area contributed by atoms with E-state index in [2.05, 4.69) is 10.0 Å². The normalized spacial score (nSPS) is 21.4. The molecule has 1 heterocycles. The average molecular weight is 423 g/mol. The molecule has 0 aromatic heterocycles. The van der Waals surface area contributed by atoms with Gasteiger partial charge in [-0.3, -0.25) is 4.78 Å². The second kappa shape index (κ2) is 10.6. The fraction of sp³-hybridized carbons (Fsp3) is 0.174. The molecule has 0 fully saturated rings. The third kappa shape index (κ3) is 5.74. The van der Waals surface area contributed by atoms with Crippen molar-refractivity contribution in [1.29, 1.82) is 10.0 Å². The maximum absolute atomic E-state index is 13.6. The van der Waals surface area contributed by atoms with E-state index in [4.69, 9.17) is 14.8 Å². The molecule has 3 N–H and O–H groups in total. The molecule has 0 spiro atoms. The summed E-state index contributed by atoms with van der Waals surface area (Å²) in [5.41, 5.74) is 2.61. The van der Waals surface area contributed by atoms with Crippen LogP contribution < -0.4 is 10.0 Å². The highest BCUT2D eigenvalue weighted by atomic mass is 32.2. The van der Waals surface area contributed by atoms with Gasteiger partial charge >= 0.3 is 0 Å². The largest absolute Gasteiger partial charge is 0.393 e. The SMILES string of the molecule is CN/C=C1\C(=C\c2ccc(F)c(C#N)c2)C=CC(COCc2ccccc2)NS1=N. The Hall–Kier alpha value is -3.05. The zero-order valence-electron chi connectivity index (χ0n) is 16.6. The van der Waals surface area contributed by atoms with E-state index in [1.807, 2.05) is 54.6 Å². The highest BCUT2D eigenvalue weighted by molar-refractivity contribution is 7.88. The Bertz CT molecular complexity index is 1040. The standard InChI is InChI=1S/C23H23FN4OS/c1-27-14-23-19(11-18-7-10-22(24)20(12-18)13-25)8-9-21(28-30(23)26)16-29-15-17-5-3-2-4-6-17/h2-12,14,21,27H,15-16H2,1H3,(H2,26,28)/b19-11+,23-14+. The first kappa shape index (κ1) is 21.7. The number of hydrogen-bond acceptors (Lipinski definition) is 4. The van der Waals surface area contributed by atoms with Gasteiger partial charge in [-0.1, -0.05) is 48.6 Å². The minimum absolute atomic E-state index is 0.00344. The van der Waals surface area contributed by atoms with Gasteiger partial charge in [0.25, 0.3) is 0 Å². The molecule has 0 saturated carbocycles. The van der Waals surface area contributed by atoms with Crippen LogP contribution in [0, 0.1) is 21.9 Å². The van der Waals surface area contributed by atoms with E-state index in [1.54, 1.807) is 19.3 Å². The lowest BCUT2D eigenvalue weighted by molar-refractivity contribution is 0.114. The molecule has 3 rings (SSSR count). The molecule has 1 aliphatic rings. The van der Waals surface area contributed by atoms with Crippen LogP contribution in [0.15, 0.2) is 77.4 Å². The zero-order chi connectivity index (χ0) is 21.3. The number of rotatable bonds is 6. The Kier molecular flexibility index (Phi) is 7.69. The van der Waals surface area contributed by atoms with Crippen molar-refractivity contribution in [2.24, 2.45) is 0 Å². The van der Waals surface area contributed by atoms with Gasteiger partial charge in [0.2, 0.25) is 0 Å². The maximum atomic E-state index is 13.6. The number of nitrogens with one attached hydrogen (secondary N) is 3. The number of hydrogen-bond donors (Lipinski definition) is 3. The number of halogens is 1. The molecule has 154 valence electrons. The lowest BCUT2D eigenvalue weighted by Crippen LogP contribution is -2.32. The summed E-state index contributed by atoms with van der Waals surface area (Å²) < 4.78 is 31.3. The van der Waals surface area contributed by atoms with Crippen molar-refractivity contribution < 1.29 is 9.13 Å². The molecule has 2 atom stereocenters. The zero-order valence-corrected chi connectivity index (χ0v) is 17.4. The van der Waals surface area contributed by atoms with Crippen molar-refractivity contribution >= 4 is 17.0 Å². The molecule has 5 nitrogen and oxygen atoms in total. The summed E-state index contributed by atoms with van der Waals surface area (Å²) in [6, 6.07) is 16.1. The fourth-order valence-electron chi connectivity index (χ4n) is 2.93. The summed E-state index contributed by atoms with van der Waals surface area (Å²) >= 11 is 0. The number of ether oxygens (including phenoxy) is 1. The number of nitriles is 1. The van der Waals surface area contributed by atoms with Gasteiger partial charge in [0.05, 0.1) is 29.7 Å². The molecule has 2 aromatic rings. The summed E-state index contributed by atoms with van der Waals surface area (Å²) in [7, 11) is 0.791. The second-order valence-electron chi connectivity index (χ2n) is 6.64. The van der Waals surface area contributed by atoms with Crippen LogP contribution in [0.5, 0.6) is 0 Å². The number of benzene rings is 2. The van der Waals surface area contributed by atoms with E-state index in [1.165, 1.54) is 12.1 Å². The van der Waals surface area contributed by atoms with Gasteiger partial charge in [0.1, 0.15) is 11.9 Å². The predicted octanol–water partition coefficient (Wildman–Crippen LogP) is 4.18. The van der Waals surface area contributed by atoms with Gasteiger partial charge in [-0.05, 0) is 45.8 Å². The van der Waals surface area contributed by atoms with Crippen molar-refractivity contribution in [1.82, 2.24) is 10.0 Å². The lowest BCUT2D eigenvalue weighted by atomic mass is 10.1. The number of allylic oxidation sites excluding steroid dienone is 2. The van der Waals surface area contributed by atoms with Crippen molar-refractivity contribution in [2.75, 3.05) is 13.7 Å². The van der Waals surface area contributed by atoms with E-state index in [-0.39, 0.29) is 11.6 Å². The number of nitrogens with zero attached hydrogens (tertiary/aromatic N) is 1. The third-order valence-corrected chi connectivity index (χ3v) is 5.73. The summed E-state index contributed by atoms with van der Waals surface area (Å²) in [5.74, 6) is -0.542. The van der Waals surface area contributed by atoms with Crippen LogP contribution in [0.2, 0.25) is 0 Å². The quantitative estimate of drug-likeness (QED) is 0.652. The van der Waals surface area contributed by atoms with Crippen molar-refractivity contribution in [3.05, 3.63) is 99.9 Å². The molecular formula is C23H23FN4OS. The molecule has 0 radical (unpaired) electrons. The monoisotopic (exact) mass is 422 g/mol. The molecule has 1 aliphatic heterocycles. The van der Waals surface area contributed by atoms with E-state index >= 15 is 0 Å². The van der Waals surface area contributed by atoms with Crippen LogP contribution in [-0.2, 0) is 22.2 Å². The van der Waals surface area contributed by atoms with Crippen LogP contribution in [0.4, 0.5) is 4.39 Å². The summed E-state index contributed by atoms with van der Waals surface area (Å²) in [5, 5.41) is 12.1. The smallest absolute Gasteiger partial charge is 0.140 e. The van der Waals surface area contributed by atoms with Crippen LogP contribution in [0.3, 0.4) is 0 Å². The molecular weight excluding hydrogens is 399 g/mol. The van der Waals surface area contributed by atoms with Crippen LogP contribution in [0.1, 0.15) is 16.7 Å². The Morgan fingerprint density at radius 1 is 1.30 bits per heavy atom. The molecule has 30 heavy (non-hydrogen) atoms. The molecule has 0 aliphatic carbocycles. The summed E-state index contributed by atoms with van der Waals surface area (Å²) in [6.45, 7) is 0.941. The molecule has 7 heteroatoms. The van der Waals surface area contributed by atoms with Gasteiger partial charge in [-0.15, -0.1) is 0 Å². The van der Waals surface area contributed by atoms with Gasteiger partial charge < -0.3 is 10.1 Å². The molecule has 0 saturated heterocycles. The average Bonchev–Trinajstić information content (AvgIpc) is 2.90. The first-order valence-electron chi connectivity index (χ1n) is 9.41. The second-order valence-corrected chi connectivity index (χ2v) is 7.93. The van der Waals surface area contributed by atoms with Crippen molar-refractivity contribution in [3.63, 3.8) is 0 Å². The Labute approximate surface area is 178 Å². The molecule has 0 amide bonds.